The zero-order valence-electron chi connectivity index (χ0n) is 11.0. The van der Waals surface area contributed by atoms with Crippen molar-refractivity contribution in [2.24, 2.45) is 11.7 Å². The van der Waals surface area contributed by atoms with Gasteiger partial charge in [-0.25, -0.2) is 0 Å². The van der Waals surface area contributed by atoms with E-state index in [0.717, 1.165) is 26.1 Å². The summed E-state index contributed by atoms with van der Waals surface area (Å²) in [5.74, 6) is 0.638. The number of hydrogen-bond acceptors (Lipinski definition) is 2. The second-order valence-corrected chi connectivity index (χ2v) is 5.85. The maximum absolute atomic E-state index is 6.67. The Kier molecular flexibility index (Phi) is 3.40. The molecule has 2 heteroatoms. The number of ether oxygens (including phenoxy) is 1. The first-order valence-electron chi connectivity index (χ1n) is 7.22. The fourth-order valence-electron chi connectivity index (χ4n) is 3.67. The molecule has 1 heterocycles. The first kappa shape index (κ1) is 12.2. The number of benzene rings is 1. The molecular weight excluding hydrogens is 222 g/mol. The standard InChI is InChI=1S/C16H23NO/c17-15(13-7-11-18-12-8-13)16(9-4-10-16)14-5-2-1-3-6-14/h1-3,5-6,13,15H,4,7-12,17H2. The minimum absolute atomic E-state index is 0.253. The molecule has 0 amide bonds. The van der Waals surface area contributed by atoms with Gasteiger partial charge in [0.2, 0.25) is 0 Å². The molecule has 1 unspecified atom stereocenters. The quantitative estimate of drug-likeness (QED) is 0.888. The van der Waals surface area contributed by atoms with Crippen LogP contribution in [0.15, 0.2) is 30.3 Å². The fraction of sp³-hybridized carbons (Fsp3) is 0.625. The molecule has 0 spiro atoms. The topological polar surface area (TPSA) is 35.2 Å². The van der Waals surface area contributed by atoms with Gasteiger partial charge in [-0.2, -0.15) is 0 Å². The summed E-state index contributed by atoms with van der Waals surface area (Å²) in [6.45, 7) is 1.78. The zero-order valence-corrected chi connectivity index (χ0v) is 11.0. The van der Waals surface area contributed by atoms with Crippen molar-refractivity contribution in [2.45, 2.75) is 43.6 Å². The summed E-state index contributed by atoms with van der Waals surface area (Å²) in [5.41, 5.74) is 8.37. The predicted octanol–water partition coefficient (Wildman–Crippen LogP) is 2.86. The van der Waals surface area contributed by atoms with Crippen LogP contribution in [0, 0.1) is 5.92 Å². The second kappa shape index (κ2) is 5.02. The monoisotopic (exact) mass is 245 g/mol. The zero-order chi connectivity index (χ0) is 12.4. The van der Waals surface area contributed by atoms with Gasteiger partial charge in [0.25, 0.3) is 0 Å². The highest BCUT2D eigenvalue weighted by molar-refractivity contribution is 5.30. The van der Waals surface area contributed by atoms with Crippen LogP contribution in [-0.2, 0) is 10.2 Å². The van der Waals surface area contributed by atoms with E-state index in [1.807, 2.05) is 0 Å². The largest absolute Gasteiger partial charge is 0.381 e. The van der Waals surface area contributed by atoms with Gasteiger partial charge in [-0.05, 0) is 37.2 Å². The molecule has 1 saturated carbocycles. The molecule has 1 atom stereocenters. The van der Waals surface area contributed by atoms with Gasteiger partial charge in [0.1, 0.15) is 0 Å². The van der Waals surface area contributed by atoms with Crippen LogP contribution >= 0.6 is 0 Å². The van der Waals surface area contributed by atoms with Crippen LogP contribution < -0.4 is 5.73 Å². The predicted molar refractivity (Wildman–Crippen MR) is 73.5 cm³/mol. The van der Waals surface area contributed by atoms with E-state index in [-0.39, 0.29) is 5.41 Å². The Morgan fingerprint density at radius 3 is 2.33 bits per heavy atom. The van der Waals surface area contributed by atoms with Crippen molar-refractivity contribution in [1.82, 2.24) is 0 Å². The van der Waals surface area contributed by atoms with Gasteiger partial charge in [-0.3, -0.25) is 0 Å². The van der Waals surface area contributed by atoms with Gasteiger partial charge in [0.05, 0.1) is 0 Å². The number of nitrogens with two attached hydrogens (primary N) is 1. The lowest BCUT2D eigenvalue weighted by Gasteiger charge is -2.50. The maximum atomic E-state index is 6.67. The summed E-state index contributed by atoms with van der Waals surface area (Å²) in [6.07, 6.45) is 6.11. The van der Waals surface area contributed by atoms with Crippen LogP contribution in [-0.4, -0.2) is 19.3 Å². The smallest absolute Gasteiger partial charge is 0.0469 e. The van der Waals surface area contributed by atoms with E-state index in [1.165, 1.54) is 24.8 Å². The summed E-state index contributed by atoms with van der Waals surface area (Å²) in [4.78, 5) is 0. The van der Waals surface area contributed by atoms with Crippen molar-refractivity contribution in [2.75, 3.05) is 13.2 Å². The van der Waals surface area contributed by atoms with Crippen molar-refractivity contribution in [3.05, 3.63) is 35.9 Å². The SMILES string of the molecule is NC(C1CCOCC1)C1(c2ccccc2)CCC1. The summed E-state index contributed by atoms with van der Waals surface area (Å²) < 4.78 is 5.46. The highest BCUT2D eigenvalue weighted by Crippen LogP contribution is 2.48. The normalized spacial score (nSPS) is 25.4. The van der Waals surface area contributed by atoms with E-state index in [1.54, 1.807) is 0 Å². The van der Waals surface area contributed by atoms with E-state index >= 15 is 0 Å². The summed E-state index contributed by atoms with van der Waals surface area (Å²) in [7, 11) is 0. The highest BCUT2D eigenvalue weighted by atomic mass is 16.5. The van der Waals surface area contributed by atoms with Gasteiger partial charge in [-0.1, -0.05) is 36.8 Å². The molecule has 98 valence electrons. The molecule has 1 aromatic carbocycles. The Hall–Kier alpha value is -0.860. The summed E-state index contributed by atoms with van der Waals surface area (Å²) in [5, 5.41) is 0. The van der Waals surface area contributed by atoms with Crippen molar-refractivity contribution in [3.8, 4) is 0 Å². The first-order valence-corrected chi connectivity index (χ1v) is 7.22. The van der Waals surface area contributed by atoms with E-state index in [2.05, 4.69) is 30.3 Å². The molecule has 3 rings (SSSR count). The van der Waals surface area contributed by atoms with Gasteiger partial charge in [0.15, 0.2) is 0 Å². The third kappa shape index (κ3) is 1.98. The lowest BCUT2D eigenvalue weighted by Crippen LogP contribution is -2.55. The molecule has 0 radical (unpaired) electrons. The number of rotatable bonds is 3. The van der Waals surface area contributed by atoms with E-state index in [9.17, 15) is 0 Å². The van der Waals surface area contributed by atoms with Crippen LogP contribution in [0.25, 0.3) is 0 Å². The Bertz CT molecular complexity index is 379. The number of hydrogen-bond donors (Lipinski definition) is 1. The average Bonchev–Trinajstić information content (AvgIpc) is 2.40. The van der Waals surface area contributed by atoms with Crippen molar-refractivity contribution >= 4 is 0 Å². The van der Waals surface area contributed by atoms with Crippen LogP contribution in [0.4, 0.5) is 0 Å². The van der Waals surface area contributed by atoms with Gasteiger partial charge in [-0.15, -0.1) is 0 Å². The fourth-order valence-corrected chi connectivity index (χ4v) is 3.67. The van der Waals surface area contributed by atoms with Crippen LogP contribution in [0.5, 0.6) is 0 Å². The molecular formula is C16H23NO. The van der Waals surface area contributed by atoms with Gasteiger partial charge >= 0.3 is 0 Å². The molecule has 1 aliphatic heterocycles. The third-order valence-electron chi connectivity index (χ3n) is 5.01. The lowest BCUT2D eigenvalue weighted by atomic mass is 9.57. The van der Waals surface area contributed by atoms with Gasteiger partial charge in [0, 0.05) is 24.7 Å². The molecule has 2 aliphatic rings. The highest BCUT2D eigenvalue weighted by Gasteiger charge is 2.46. The minimum Gasteiger partial charge on any atom is -0.381 e. The first-order chi connectivity index (χ1) is 8.83. The molecule has 2 N–H and O–H groups in total. The second-order valence-electron chi connectivity index (χ2n) is 5.85. The molecule has 1 aliphatic carbocycles. The van der Waals surface area contributed by atoms with Crippen molar-refractivity contribution in [1.29, 1.82) is 0 Å². The third-order valence-corrected chi connectivity index (χ3v) is 5.01. The van der Waals surface area contributed by atoms with Crippen molar-refractivity contribution < 1.29 is 4.74 Å². The Morgan fingerprint density at radius 2 is 1.78 bits per heavy atom. The van der Waals surface area contributed by atoms with E-state index in [0.29, 0.717) is 12.0 Å². The average molecular weight is 245 g/mol. The Morgan fingerprint density at radius 1 is 1.11 bits per heavy atom. The molecule has 1 saturated heterocycles. The van der Waals surface area contributed by atoms with Crippen LogP contribution in [0.3, 0.4) is 0 Å². The minimum atomic E-state index is 0.253. The van der Waals surface area contributed by atoms with E-state index in [4.69, 9.17) is 10.5 Å². The van der Waals surface area contributed by atoms with Crippen LogP contribution in [0.2, 0.25) is 0 Å². The molecule has 2 fully saturated rings. The van der Waals surface area contributed by atoms with Crippen molar-refractivity contribution in [3.63, 3.8) is 0 Å². The molecule has 0 aromatic heterocycles. The molecule has 0 bridgehead atoms. The molecule has 18 heavy (non-hydrogen) atoms. The maximum Gasteiger partial charge on any atom is 0.0469 e. The summed E-state index contributed by atoms with van der Waals surface area (Å²) >= 11 is 0. The molecule has 1 aromatic rings. The molecule has 2 nitrogen and oxygen atoms in total. The van der Waals surface area contributed by atoms with E-state index < -0.39 is 0 Å². The Balaban J connectivity index is 1.82. The Labute approximate surface area is 110 Å². The lowest BCUT2D eigenvalue weighted by molar-refractivity contribution is 0.0345. The van der Waals surface area contributed by atoms with Crippen LogP contribution in [0.1, 0.15) is 37.7 Å². The summed E-state index contributed by atoms with van der Waals surface area (Å²) in [6, 6.07) is 11.2. The van der Waals surface area contributed by atoms with Gasteiger partial charge < -0.3 is 10.5 Å².